The van der Waals surface area contributed by atoms with Crippen LogP contribution >= 0.6 is 11.6 Å². The molecule has 1 saturated heterocycles. The fourth-order valence-electron chi connectivity index (χ4n) is 2.03. The normalized spacial score (nSPS) is 27.0. The van der Waals surface area contributed by atoms with Gasteiger partial charge in [0.25, 0.3) is 0 Å². The molecule has 0 aromatic carbocycles. The molecule has 3 nitrogen and oxygen atoms in total. The second-order valence-electron chi connectivity index (χ2n) is 3.51. The van der Waals surface area contributed by atoms with Gasteiger partial charge in [0.2, 0.25) is 0 Å². The van der Waals surface area contributed by atoms with Gasteiger partial charge in [-0.1, -0.05) is 6.92 Å². The summed E-state index contributed by atoms with van der Waals surface area (Å²) in [6, 6.07) is 0. The van der Waals surface area contributed by atoms with E-state index in [2.05, 4.69) is 11.9 Å². The van der Waals surface area contributed by atoms with Crippen LogP contribution in [0.15, 0.2) is 10.8 Å². The lowest BCUT2D eigenvalue weighted by Gasteiger charge is -2.14. The molecule has 0 bridgehead atoms. The second-order valence-corrected chi connectivity index (χ2v) is 3.78. The van der Waals surface area contributed by atoms with Crippen LogP contribution in [0, 0.1) is 0 Å². The Kier molecular flexibility index (Phi) is 3.08. The number of hydrogen-bond donors (Lipinski definition) is 0. The van der Waals surface area contributed by atoms with Crippen molar-refractivity contribution in [1.29, 1.82) is 0 Å². The number of hydrogen-bond acceptors (Lipinski definition) is 3. The highest BCUT2D eigenvalue weighted by atomic mass is 35.5. The summed E-state index contributed by atoms with van der Waals surface area (Å²) >= 11 is 5.78. The predicted molar refractivity (Wildman–Crippen MR) is 53.4 cm³/mol. The number of aromatic nitrogens is 1. The van der Waals surface area contributed by atoms with Gasteiger partial charge in [-0.05, 0) is 12.8 Å². The van der Waals surface area contributed by atoms with Gasteiger partial charge in [0, 0.05) is 12.5 Å². The smallest absolute Gasteiger partial charge is 0.181 e. The zero-order valence-corrected chi connectivity index (χ0v) is 8.96. The lowest BCUT2D eigenvalue weighted by atomic mass is 9.96. The third kappa shape index (κ3) is 1.66. The highest BCUT2D eigenvalue weighted by Crippen LogP contribution is 2.34. The van der Waals surface area contributed by atoms with E-state index in [1.807, 2.05) is 0 Å². The van der Waals surface area contributed by atoms with E-state index in [1.165, 1.54) is 6.39 Å². The number of halogens is 1. The molecule has 2 atom stereocenters. The Hall–Kier alpha value is -0.540. The summed E-state index contributed by atoms with van der Waals surface area (Å²) in [5.74, 6) is 1.68. The van der Waals surface area contributed by atoms with Gasteiger partial charge in [0.05, 0.1) is 17.7 Å². The Morgan fingerprint density at radius 2 is 2.50 bits per heavy atom. The maximum absolute atomic E-state index is 5.78. The van der Waals surface area contributed by atoms with Gasteiger partial charge >= 0.3 is 0 Å². The second kappa shape index (κ2) is 4.32. The quantitative estimate of drug-likeness (QED) is 0.728. The van der Waals surface area contributed by atoms with Crippen molar-refractivity contribution in [3.05, 3.63) is 17.8 Å². The van der Waals surface area contributed by atoms with Crippen molar-refractivity contribution in [2.75, 3.05) is 6.61 Å². The third-order valence-electron chi connectivity index (χ3n) is 2.75. The van der Waals surface area contributed by atoms with Crippen LogP contribution in [0.25, 0.3) is 0 Å². The zero-order valence-electron chi connectivity index (χ0n) is 8.20. The first-order valence-corrected chi connectivity index (χ1v) is 5.50. The van der Waals surface area contributed by atoms with E-state index >= 15 is 0 Å². The molecule has 2 rings (SSSR count). The number of alkyl halides is 1. The Bertz CT molecular complexity index is 300. The van der Waals surface area contributed by atoms with Gasteiger partial charge in [0.1, 0.15) is 5.76 Å². The van der Waals surface area contributed by atoms with Crippen molar-refractivity contribution in [2.45, 2.75) is 37.7 Å². The first-order valence-electron chi connectivity index (χ1n) is 4.96. The van der Waals surface area contributed by atoms with Crippen LogP contribution in [-0.4, -0.2) is 17.7 Å². The van der Waals surface area contributed by atoms with Crippen LogP contribution in [0.4, 0.5) is 0 Å². The molecular formula is C10H14ClNO2. The van der Waals surface area contributed by atoms with Crippen molar-refractivity contribution in [3.63, 3.8) is 0 Å². The molecule has 0 spiro atoms. The minimum atomic E-state index is 0.268. The molecule has 0 radical (unpaired) electrons. The van der Waals surface area contributed by atoms with Gasteiger partial charge in [-0.2, -0.15) is 0 Å². The molecule has 0 N–H and O–H groups in total. The van der Waals surface area contributed by atoms with Gasteiger partial charge < -0.3 is 9.15 Å². The summed E-state index contributed by atoms with van der Waals surface area (Å²) in [6.45, 7) is 2.94. The van der Waals surface area contributed by atoms with E-state index < -0.39 is 0 Å². The highest BCUT2D eigenvalue weighted by molar-refractivity contribution is 6.16. The molecule has 0 amide bonds. The lowest BCUT2D eigenvalue weighted by Crippen LogP contribution is -2.13. The molecule has 1 fully saturated rings. The SMILES string of the molecule is CCC1OCCC1c1ocnc1CCl. The maximum atomic E-state index is 5.78. The van der Waals surface area contributed by atoms with Crippen LogP contribution in [0.1, 0.15) is 37.1 Å². The van der Waals surface area contributed by atoms with E-state index in [0.717, 1.165) is 30.9 Å². The fraction of sp³-hybridized carbons (Fsp3) is 0.700. The molecular weight excluding hydrogens is 202 g/mol. The highest BCUT2D eigenvalue weighted by Gasteiger charge is 2.32. The molecule has 0 aliphatic carbocycles. The summed E-state index contributed by atoms with van der Waals surface area (Å²) in [5.41, 5.74) is 0.862. The Morgan fingerprint density at radius 1 is 1.64 bits per heavy atom. The third-order valence-corrected chi connectivity index (χ3v) is 3.00. The number of nitrogens with zero attached hydrogens (tertiary/aromatic N) is 1. The average molecular weight is 216 g/mol. The van der Waals surface area contributed by atoms with Crippen molar-refractivity contribution >= 4 is 11.6 Å². The minimum Gasteiger partial charge on any atom is -0.448 e. The first kappa shape index (κ1) is 9.99. The number of oxazole rings is 1. The van der Waals surface area contributed by atoms with Gasteiger partial charge in [-0.15, -0.1) is 11.6 Å². The molecule has 2 unspecified atom stereocenters. The summed E-state index contributed by atoms with van der Waals surface area (Å²) in [7, 11) is 0. The lowest BCUT2D eigenvalue weighted by molar-refractivity contribution is 0.0972. The van der Waals surface area contributed by atoms with E-state index in [-0.39, 0.29) is 6.10 Å². The van der Waals surface area contributed by atoms with Gasteiger partial charge in [0.15, 0.2) is 6.39 Å². The van der Waals surface area contributed by atoms with E-state index in [9.17, 15) is 0 Å². The van der Waals surface area contributed by atoms with Gasteiger partial charge in [-0.25, -0.2) is 4.98 Å². The van der Waals surface area contributed by atoms with Crippen LogP contribution in [-0.2, 0) is 10.6 Å². The van der Waals surface area contributed by atoms with E-state index in [1.54, 1.807) is 0 Å². The van der Waals surface area contributed by atoms with Crippen LogP contribution in [0.5, 0.6) is 0 Å². The molecule has 78 valence electrons. The van der Waals surface area contributed by atoms with Crippen LogP contribution in [0.2, 0.25) is 0 Å². The standard InChI is InChI=1S/C10H14ClNO2/c1-2-9-7(3-4-13-9)10-8(5-11)12-6-14-10/h6-7,9H,2-5H2,1H3. The average Bonchev–Trinajstić information content (AvgIpc) is 2.85. The van der Waals surface area contributed by atoms with E-state index in [4.69, 9.17) is 20.8 Å². The Balaban J connectivity index is 2.21. The van der Waals surface area contributed by atoms with Crippen LogP contribution < -0.4 is 0 Å². The molecule has 14 heavy (non-hydrogen) atoms. The molecule has 0 saturated carbocycles. The Labute approximate surface area is 88.4 Å². The van der Waals surface area contributed by atoms with Crippen molar-refractivity contribution < 1.29 is 9.15 Å². The molecule has 1 aromatic rings. The maximum Gasteiger partial charge on any atom is 0.181 e. The predicted octanol–water partition coefficient (Wildman–Crippen LogP) is 2.70. The summed E-state index contributed by atoms with van der Waals surface area (Å²) < 4.78 is 11.0. The topological polar surface area (TPSA) is 35.3 Å². The van der Waals surface area contributed by atoms with Gasteiger partial charge in [-0.3, -0.25) is 0 Å². The summed E-state index contributed by atoms with van der Waals surface area (Å²) in [6.07, 6.45) is 3.76. The zero-order chi connectivity index (χ0) is 9.97. The van der Waals surface area contributed by atoms with Crippen LogP contribution in [0.3, 0.4) is 0 Å². The largest absolute Gasteiger partial charge is 0.448 e. The van der Waals surface area contributed by atoms with E-state index in [0.29, 0.717) is 11.8 Å². The molecule has 4 heteroatoms. The monoisotopic (exact) mass is 215 g/mol. The summed E-state index contributed by atoms with van der Waals surface area (Å²) in [5, 5.41) is 0. The number of rotatable bonds is 3. The Morgan fingerprint density at radius 3 is 3.21 bits per heavy atom. The summed E-state index contributed by atoms with van der Waals surface area (Å²) in [4.78, 5) is 4.09. The van der Waals surface area contributed by atoms with Crippen molar-refractivity contribution in [2.24, 2.45) is 0 Å². The molecule has 1 aliphatic rings. The molecule has 1 aromatic heterocycles. The fourth-order valence-corrected chi connectivity index (χ4v) is 2.23. The minimum absolute atomic E-state index is 0.268. The molecule has 2 heterocycles. The van der Waals surface area contributed by atoms with Crippen molar-refractivity contribution in [3.8, 4) is 0 Å². The first-order chi connectivity index (χ1) is 6.86. The van der Waals surface area contributed by atoms with Crippen molar-refractivity contribution in [1.82, 2.24) is 4.98 Å². The number of ether oxygens (including phenoxy) is 1. The molecule has 1 aliphatic heterocycles.